The maximum atomic E-state index is 5.54. The third-order valence-electron chi connectivity index (χ3n) is 3.60. The molecule has 3 heteroatoms. The molecule has 3 rings (SSSR count). The Kier molecular flexibility index (Phi) is 2.29. The lowest BCUT2D eigenvalue weighted by Crippen LogP contribution is -2.49. The van der Waals surface area contributed by atoms with Crippen LogP contribution < -0.4 is 5.32 Å². The molecular weight excluding hydrogens is 190 g/mol. The van der Waals surface area contributed by atoms with Crippen molar-refractivity contribution in [3.8, 4) is 0 Å². The third kappa shape index (κ3) is 1.60. The summed E-state index contributed by atoms with van der Waals surface area (Å²) < 4.78 is 10.9. The van der Waals surface area contributed by atoms with E-state index in [9.17, 15) is 0 Å². The van der Waals surface area contributed by atoms with Crippen LogP contribution in [0.4, 0.5) is 0 Å². The van der Waals surface area contributed by atoms with Gasteiger partial charge in [0.2, 0.25) is 0 Å². The van der Waals surface area contributed by atoms with Gasteiger partial charge in [0, 0.05) is 6.04 Å². The van der Waals surface area contributed by atoms with Crippen molar-refractivity contribution in [3.05, 3.63) is 24.2 Å². The zero-order valence-electron chi connectivity index (χ0n) is 8.87. The average Bonchev–Trinajstić information content (AvgIpc) is 2.84. The van der Waals surface area contributed by atoms with Gasteiger partial charge in [-0.15, -0.1) is 0 Å². The first-order chi connectivity index (χ1) is 7.39. The molecule has 1 atom stereocenters. The first kappa shape index (κ1) is 9.43. The fourth-order valence-electron chi connectivity index (χ4n) is 2.69. The lowest BCUT2D eigenvalue weighted by atomic mass is 9.77. The van der Waals surface area contributed by atoms with Crippen molar-refractivity contribution in [2.75, 3.05) is 19.8 Å². The molecule has 1 aromatic heterocycles. The van der Waals surface area contributed by atoms with Crippen molar-refractivity contribution in [2.24, 2.45) is 0 Å². The highest BCUT2D eigenvalue weighted by molar-refractivity contribution is 5.18. The van der Waals surface area contributed by atoms with Crippen molar-refractivity contribution >= 4 is 0 Å². The minimum atomic E-state index is 0.158. The summed E-state index contributed by atoms with van der Waals surface area (Å²) in [4.78, 5) is 0. The summed E-state index contributed by atoms with van der Waals surface area (Å²) in [7, 11) is 0. The van der Waals surface area contributed by atoms with Crippen molar-refractivity contribution in [1.29, 1.82) is 0 Å². The average molecular weight is 207 g/mol. The summed E-state index contributed by atoms with van der Waals surface area (Å²) >= 11 is 0. The second-order valence-electron chi connectivity index (χ2n) is 4.75. The number of rotatable bonds is 3. The van der Waals surface area contributed by atoms with Crippen molar-refractivity contribution < 1.29 is 9.15 Å². The van der Waals surface area contributed by atoms with Crippen LogP contribution in [0, 0.1) is 0 Å². The Bertz CT molecular complexity index is 310. The molecule has 2 aliphatic heterocycles. The van der Waals surface area contributed by atoms with Crippen molar-refractivity contribution in [3.63, 3.8) is 0 Å². The van der Waals surface area contributed by atoms with Crippen LogP contribution >= 0.6 is 0 Å². The number of hydrogen-bond donors (Lipinski definition) is 1. The largest absolute Gasteiger partial charge is 0.469 e. The normalized spacial score (nSPS) is 28.9. The highest BCUT2D eigenvalue weighted by atomic mass is 16.5. The molecule has 0 bridgehead atoms. The Morgan fingerprint density at radius 3 is 2.93 bits per heavy atom. The summed E-state index contributed by atoms with van der Waals surface area (Å²) in [6.45, 7) is 2.80. The smallest absolute Gasteiger partial charge is 0.114 e. The molecule has 1 unspecified atom stereocenters. The van der Waals surface area contributed by atoms with E-state index in [0.717, 1.165) is 25.4 Å². The number of hydrogen-bond acceptors (Lipinski definition) is 3. The topological polar surface area (TPSA) is 34.4 Å². The van der Waals surface area contributed by atoms with E-state index < -0.39 is 0 Å². The van der Waals surface area contributed by atoms with E-state index in [0.29, 0.717) is 6.04 Å². The lowest BCUT2D eigenvalue weighted by Gasteiger charge is -2.41. The molecule has 1 aromatic rings. The fourth-order valence-corrected chi connectivity index (χ4v) is 2.69. The maximum Gasteiger partial charge on any atom is 0.114 e. The Morgan fingerprint density at radius 2 is 2.40 bits per heavy atom. The zero-order valence-corrected chi connectivity index (χ0v) is 8.87. The van der Waals surface area contributed by atoms with Gasteiger partial charge in [-0.25, -0.2) is 0 Å². The van der Waals surface area contributed by atoms with E-state index in [2.05, 4.69) is 11.4 Å². The zero-order chi connectivity index (χ0) is 10.1. The van der Waals surface area contributed by atoms with Gasteiger partial charge in [-0.3, -0.25) is 0 Å². The monoisotopic (exact) mass is 207 g/mol. The Balaban J connectivity index is 1.75. The minimum Gasteiger partial charge on any atom is -0.469 e. The van der Waals surface area contributed by atoms with Crippen LogP contribution in [0.1, 0.15) is 25.0 Å². The van der Waals surface area contributed by atoms with E-state index in [4.69, 9.17) is 9.15 Å². The predicted molar refractivity (Wildman–Crippen MR) is 56.8 cm³/mol. The first-order valence-corrected chi connectivity index (χ1v) is 5.74. The van der Waals surface area contributed by atoms with Crippen LogP contribution in [0.5, 0.6) is 0 Å². The molecule has 0 amide bonds. The fraction of sp³-hybridized carbons (Fsp3) is 0.667. The van der Waals surface area contributed by atoms with Crippen molar-refractivity contribution in [1.82, 2.24) is 5.32 Å². The molecule has 0 radical (unpaired) electrons. The molecule has 2 aliphatic rings. The van der Waals surface area contributed by atoms with E-state index in [1.807, 2.05) is 6.07 Å². The van der Waals surface area contributed by atoms with E-state index >= 15 is 0 Å². The third-order valence-corrected chi connectivity index (χ3v) is 3.60. The number of nitrogens with one attached hydrogen (secondary N) is 1. The standard InChI is InChI=1S/C12H17NO2/c1-3-10(13-5-1)7-12(8-14-9-12)11-4-2-6-15-11/h2,4,6,10,13H,1,3,5,7-9H2. The van der Waals surface area contributed by atoms with Crippen LogP contribution in [0.25, 0.3) is 0 Å². The van der Waals surface area contributed by atoms with Crippen LogP contribution in [0.2, 0.25) is 0 Å². The van der Waals surface area contributed by atoms with Gasteiger partial charge in [-0.1, -0.05) is 0 Å². The van der Waals surface area contributed by atoms with Gasteiger partial charge in [-0.05, 0) is 37.9 Å². The summed E-state index contributed by atoms with van der Waals surface area (Å²) in [6, 6.07) is 4.70. The molecule has 1 N–H and O–H groups in total. The Labute approximate surface area is 89.8 Å². The quantitative estimate of drug-likeness (QED) is 0.819. The molecule has 3 heterocycles. The Hall–Kier alpha value is -0.800. The molecule has 82 valence electrons. The maximum absolute atomic E-state index is 5.54. The Morgan fingerprint density at radius 1 is 1.47 bits per heavy atom. The van der Waals surface area contributed by atoms with Gasteiger partial charge in [0.1, 0.15) is 5.76 Å². The van der Waals surface area contributed by atoms with Gasteiger partial charge in [0.05, 0.1) is 24.9 Å². The molecule has 2 fully saturated rings. The molecular formula is C12H17NO2. The first-order valence-electron chi connectivity index (χ1n) is 5.74. The number of ether oxygens (including phenoxy) is 1. The van der Waals surface area contributed by atoms with Crippen LogP contribution in [0.15, 0.2) is 22.8 Å². The second-order valence-corrected chi connectivity index (χ2v) is 4.75. The van der Waals surface area contributed by atoms with Gasteiger partial charge < -0.3 is 14.5 Å². The molecule has 15 heavy (non-hydrogen) atoms. The SMILES string of the molecule is c1coc(C2(CC3CCCN3)COC2)c1. The van der Waals surface area contributed by atoms with Crippen molar-refractivity contribution in [2.45, 2.75) is 30.7 Å². The van der Waals surface area contributed by atoms with E-state index in [1.54, 1.807) is 6.26 Å². The molecule has 0 saturated carbocycles. The van der Waals surface area contributed by atoms with Crippen LogP contribution in [-0.2, 0) is 10.2 Å². The summed E-state index contributed by atoms with van der Waals surface area (Å²) in [5.74, 6) is 1.10. The highest BCUT2D eigenvalue weighted by Gasteiger charge is 2.44. The van der Waals surface area contributed by atoms with E-state index in [1.165, 1.54) is 19.4 Å². The van der Waals surface area contributed by atoms with Crippen LogP contribution in [0.3, 0.4) is 0 Å². The summed E-state index contributed by atoms with van der Waals surface area (Å²) in [6.07, 6.45) is 5.51. The highest BCUT2D eigenvalue weighted by Crippen LogP contribution is 2.38. The molecule has 0 spiro atoms. The minimum absolute atomic E-state index is 0.158. The summed E-state index contributed by atoms with van der Waals surface area (Å²) in [5, 5.41) is 3.55. The number of furan rings is 1. The second kappa shape index (κ2) is 3.65. The molecule has 2 saturated heterocycles. The lowest BCUT2D eigenvalue weighted by molar-refractivity contribution is -0.0777. The van der Waals surface area contributed by atoms with Gasteiger partial charge in [0.25, 0.3) is 0 Å². The van der Waals surface area contributed by atoms with Crippen LogP contribution in [-0.4, -0.2) is 25.8 Å². The van der Waals surface area contributed by atoms with Gasteiger partial charge in [-0.2, -0.15) is 0 Å². The molecule has 0 aromatic carbocycles. The van der Waals surface area contributed by atoms with Gasteiger partial charge >= 0.3 is 0 Å². The predicted octanol–water partition coefficient (Wildman–Crippen LogP) is 1.69. The molecule has 0 aliphatic carbocycles. The summed E-state index contributed by atoms with van der Waals surface area (Å²) in [5.41, 5.74) is 0.158. The van der Waals surface area contributed by atoms with Gasteiger partial charge in [0.15, 0.2) is 0 Å². The van der Waals surface area contributed by atoms with E-state index in [-0.39, 0.29) is 5.41 Å². The molecule has 3 nitrogen and oxygen atoms in total.